The summed E-state index contributed by atoms with van der Waals surface area (Å²) in [6, 6.07) is 4.03. The Balaban J connectivity index is 1.80. The molecule has 1 unspecified atom stereocenters. The Morgan fingerprint density at radius 3 is 2.95 bits per heavy atom. The van der Waals surface area contributed by atoms with E-state index in [0.717, 1.165) is 19.3 Å². The number of thiophene rings is 1. The Bertz CT molecular complexity index is 481. The van der Waals surface area contributed by atoms with Crippen LogP contribution in [0, 0.1) is 0 Å². The maximum Gasteiger partial charge on any atom is 0.226 e. The van der Waals surface area contributed by atoms with E-state index in [2.05, 4.69) is 27.7 Å². The summed E-state index contributed by atoms with van der Waals surface area (Å²) in [7, 11) is 3.95. The van der Waals surface area contributed by atoms with Crippen molar-refractivity contribution in [1.29, 1.82) is 0 Å². The third-order valence-electron chi connectivity index (χ3n) is 2.77. The molecule has 0 bridgehead atoms. The molecule has 0 spiro atoms. The van der Waals surface area contributed by atoms with Crippen molar-refractivity contribution in [2.45, 2.75) is 25.3 Å². The minimum atomic E-state index is -0.190. The van der Waals surface area contributed by atoms with Crippen LogP contribution in [0.2, 0.25) is 0 Å². The monoisotopic (exact) mass is 280 g/mol. The average molecular weight is 280 g/mol. The molecule has 0 aliphatic carbocycles. The summed E-state index contributed by atoms with van der Waals surface area (Å²) in [5.74, 6) is 1.28. The fourth-order valence-electron chi connectivity index (χ4n) is 1.86. The first-order valence-electron chi connectivity index (χ1n) is 6.40. The quantitative estimate of drug-likeness (QED) is 0.838. The molecule has 0 radical (unpaired) electrons. The third-order valence-corrected chi connectivity index (χ3v) is 3.71. The number of likely N-dealkylation sites (N-methyl/N-ethyl adjacent to an activating group) is 1. The first-order chi connectivity index (χ1) is 9.15. The van der Waals surface area contributed by atoms with Crippen LogP contribution in [-0.2, 0) is 12.8 Å². The largest absolute Gasteiger partial charge is 0.339 e. The van der Waals surface area contributed by atoms with E-state index in [0.29, 0.717) is 18.3 Å². The summed E-state index contributed by atoms with van der Waals surface area (Å²) in [4.78, 5) is 7.76. The summed E-state index contributed by atoms with van der Waals surface area (Å²) in [5, 5.41) is 6.05. The summed E-state index contributed by atoms with van der Waals surface area (Å²) >= 11 is 1.78. The predicted octanol–water partition coefficient (Wildman–Crippen LogP) is 1.87. The Hall–Kier alpha value is -1.24. The lowest BCUT2D eigenvalue weighted by Crippen LogP contribution is -2.26. The molecular formula is C13H20N4OS. The molecule has 1 atom stereocenters. The standard InChI is InChI=1S/C13H20N4OS/c1-17(2)9-11(14)13-15-12(18-16-13)7-3-5-10-6-4-8-19-10/h4,6,8,11H,3,5,7,9,14H2,1-2H3. The number of nitrogens with two attached hydrogens (primary N) is 1. The molecule has 19 heavy (non-hydrogen) atoms. The number of hydrogen-bond acceptors (Lipinski definition) is 6. The molecule has 0 saturated heterocycles. The highest BCUT2D eigenvalue weighted by molar-refractivity contribution is 7.09. The molecule has 0 amide bonds. The van der Waals surface area contributed by atoms with Gasteiger partial charge in [0.25, 0.3) is 0 Å². The van der Waals surface area contributed by atoms with Crippen LogP contribution >= 0.6 is 11.3 Å². The molecule has 0 aromatic carbocycles. The van der Waals surface area contributed by atoms with Gasteiger partial charge in [-0.15, -0.1) is 11.3 Å². The SMILES string of the molecule is CN(C)CC(N)c1noc(CCCc2cccs2)n1. The summed E-state index contributed by atoms with van der Waals surface area (Å²) in [6.45, 7) is 0.716. The van der Waals surface area contributed by atoms with Gasteiger partial charge in [-0.05, 0) is 38.4 Å². The number of nitrogens with zero attached hydrogens (tertiary/aromatic N) is 3. The van der Waals surface area contributed by atoms with Crippen LogP contribution in [0.25, 0.3) is 0 Å². The van der Waals surface area contributed by atoms with Gasteiger partial charge in [-0.25, -0.2) is 0 Å². The van der Waals surface area contributed by atoms with Crippen molar-refractivity contribution >= 4 is 11.3 Å². The van der Waals surface area contributed by atoms with E-state index in [9.17, 15) is 0 Å². The molecule has 2 aromatic heterocycles. The van der Waals surface area contributed by atoms with Crippen molar-refractivity contribution in [3.05, 3.63) is 34.1 Å². The molecule has 6 heteroatoms. The van der Waals surface area contributed by atoms with Crippen LogP contribution in [0.1, 0.15) is 29.1 Å². The normalized spacial score (nSPS) is 13.1. The zero-order valence-corrected chi connectivity index (χ0v) is 12.2. The van der Waals surface area contributed by atoms with Gasteiger partial charge in [-0.3, -0.25) is 0 Å². The van der Waals surface area contributed by atoms with Crippen molar-refractivity contribution in [3.63, 3.8) is 0 Å². The van der Waals surface area contributed by atoms with Gasteiger partial charge < -0.3 is 15.2 Å². The van der Waals surface area contributed by atoms with Crippen LogP contribution in [0.4, 0.5) is 0 Å². The second kappa shape index (κ2) is 6.79. The molecular weight excluding hydrogens is 260 g/mol. The fourth-order valence-corrected chi connectivity index (χ4v) is 2.62. The van der Waals surface area contributed by atoms with Crippen molar-refractivity contribution in [2.24, 2.45) is 5.73 Å². The number of aryl methyl sites for hydroxylation is 2. The molecule has 0 aliphatic rings. The van der Waals surface area contributed by atoms with Gasteiger partial charge in [-0.1, -0.05) is 11.2 Å². The van der Waals surface area contributed by atoms with Gasteiger partial charge in [0, 0.05) is 17.8 Å². The van der Waals surface area contributed by atoms with Gasteiger partial charge in [0.05, 0.1) is 6.04 Å². The van der Waals surface area contributed by atoms with Crippen molar-refractivity contribution in [3.8, 4) is 0 Å². The average Bonchev–Trinajstić information content (AvgIpc) is 2.98. The van der Waals surface area contributed by atoms with Crippen LogP contribution in [-0.4, -0.2) is 35.7 Å². The summed E-state index contributed by atoms with van der Waals surface area (Å²) < 4.78 is 5.23. The van der Waals surface area contributed by atoms with Crippen molar-refractivity contribution in [2.75, 3.05) is 20.6 Å². The molecule has 2 rings (SSSR count). The number of hydrogen-bond donors (Lipinski definition) is 1. The minimum absolute atomic E-state index is 0.190. The lowest BCUT2D eigenvalue weighted by atomic mass is 10.2. The Morgan fingerprint density at radius 1 is 1.42 bits per heavy atom. The lowest BCUT2D eigenvalue weighted by Gasteiger charge is -2.12. The van der Waals surface area contributed by atoms with Gasteiger partial charge in [0.1, 0.15) is 0 Å². The topological polar surface area (TPSA) is 68.2 Å². The van der Waals surface area contributed by atoms with E-state index in [1.165, 1.54) is 4.88 Å². The summed E-state index contributed by atoms with van der Waals surface area (Å²) in [6.07, 6.45) is 2.88. The van der Waals surface area contributed by atoms with Crippen molar-refractivity contribution in [1.82, 2.24) is 15.0 Å². The zero-order valence-electron chi connectivity index (χ0n) is 11.4. The molecule has 2 N–H and O–H groups in total. The van der Waals surface area contributed by atoms with Gasteiger partial charge in [0.15, 0.2) is 5.82 Å². The molecule has 2 heterocycles. The van der Waals surface area contributed by atoms with Gasteiger partial charge >= 0.3 is 0 Å². The zero-order chi connectivity index (χ0) is 13.7. The van der Waals surface area contributed by atoms with E-state index >= 15 is 0 Å². The second-order valence-electron chi connectivity index (χ2n) is 4.85. The van der Waals surface area contributed by atoms with Gasteiger partial charge in [0.2, 0.25) is 5.89 Å². The predicted molar refractivity (Wildman–Crippen MR) is 76.1 cm³/mol. The maximum atomic E-state index is 5.99. The van der Waals surface area contributed by atoms with E-state index in [-0.39, 0.29) is 6.04 Å². The molecule has 2 aromatic rings. The van der Waals surface area contributed by atoms with E-state index in [4.69, 9.17) is 10.3 Å². The highest BCUT2D eigenvalue weighted by atomic mass is 32.1. The molecule has 104 valence electrons. The Morgan fingerprint density at radius 2 is 2.26 bits per heavy atom. The first-order valence-corrected chi connectivity index (χ1v) is 7.28. The fraction of sp³-hybridized carbons (Fsp3) is 0.538. The van der Waals surface area contributed by atoms with E-state index in [1.807, 2.05) is 19.0 Å². The maximum absolute atomic E-state index is 5.99. The number of rotatable bonds is 7. The Labute approximate surface area is 117 Å². The van der Waals surface area contributed by atoms with Crippen molar-refractivity contribution < 1.29 is 4.52 Å². The Kier molecular flexibility index (Phi) is 5.07. The van der Waals surface area contributed by atoms with Crippen LogP contribution < -0.4 is 5.73 Å². The van der Waals surface area contributed by atoms with E-state index < -0.39 is 0 Å². The summed E-state index contributed by atoms with van der Waals surface area (Å²) in [5.41, 5.74) is 5.99. The van der Waals surface area contributed by atoms with Gasteiger partial charge in [-0.2, -0.15) is 4.98 Å². The minimum Gasteiger partial charge on any atom is -0.339 e. The first kappa shape index (κ1) is 14.2. The second-order valence-corrected chi connectivity index (χ2v) is 5.88. The van der Waals surface area contributed by atoms with Crippen LogP contribution in [0.15, 0.2) is 22.0 Å². The molecule has 5 nitrogen and oxygen atoms in total. The molecule has 0 aliphatic heterocycles. The smallest absolute Gasteiger partial charge is 0.226 e. The van der Waals surface area contributed by atoms with Crippen LogP contribution in [0.5, 0.6) is 0 Å². The third kappa shape index (κ3) is 4.41. The highest BCUT2D eigenvalue weighted by Gasteiger charge is 2.14. The van der Waals surface area contributed by atoms with E-state index in [1.54, 1.807) is 11.3 Å². The molecule has 0 saturated carbocycles. The highest BCUT2D eigenvalue weighted by Crippen LogP contribution is 2.13. The lowest BCUT2D eigenvalue weighted by molar-refractivity contribution is 0.345. The molecule has 0 fully saturated rings. The van der Waals surface area contributed by atoms with Crippen LogP contribution in [0.3, 0.4) is 0 Å². The number of aromatic nitrogens is 2.